The summed E-state index contributed by atoms with van der Waals surface area (Å²) in [5.74, 6) is 0. The first-order valence-electron chi connectivity index (χ1n) is 7.56. The predicted molar refractivity (Wildman–Crippen MR) is 84.5 cm³/mol. The van der Waals surface area contributed by atoms with E-state index in [0.717, 1.165) is 24.8 Å². The fraction of sp³-hybridized carbons (Fsp3) is 0.353. The molecule has 1 aliphatic rings. The number of anilines is 1. The van der Waals surface area contributed by atoms with E-state index in [1.165, 1.54) is 6.92 Å². The van der Waals surface area contributed by atoms with Crippen LogP contribution in [-0.2, 0) is 6.18 Å². The van der Waals surface area contributed by atoms with Gasteiger partial charge < -0.3 is 10.2 Å². The lowest BCUT2D eigenvalue weighted by Crippen LogP contribution is -2.44. The Morgan fingerprint density at radius 1 is 1.09 bits per heavy atom. The predicted octanol–water partition coefficient (Wildman–Crippen LogP) is 3.49. The average molecular weight is 321 g/mol. The Labute approximate surface area is 133 Å². The maximum Gasteiger partial charge on any atom is 0.418 e. The van der Waals surface area contributed by atoms with E-state index in [-0.39, 0.29) is 5.56 Å². The van der Waals surface area contributed by atoms with Crippen molar-refractivity contribution in [2.45, 2.75) is 13.1 Å². The van der Waals surface area contributed by atoms with E-state index in [2.05, 4.69) is 10.3 Å². The number of halogens is 3. The zero-order valence-electron chi connectivity index (χ0n) is 12.8. The van der Waals surface area contributed by atoms with E-state index >= 15 is 0 Å². The SMILES string of the molecule is Cc1c(C(F)(F)F)cnc(-c2ccccc2)c1N1CCNCC1. The zero-order valence-corrected chi connectivity index (χ0v) is 12.8. The largest absolute Gasteiger partial charge is 0.418 e. The molecular formula is C17H18F3N3. The maximum absolute atomic E-state index is 13.3. The third-order valence-electron chi connectivity index (χ3n) is 4.09. The molecule has 1 aliphatic heterocycles. The minimum Gasteiger partial charge on any atom is -0.367 e. The van der Waals surface area contributed by atoms with Crippen molar-refractivity contribution in [3.05, 3.63) is 47.7 Å². The summed E-state index contributed by atoms with van der Waals surface area (Å²) < 4.78 is 39.8. The highest BCUT2D eigenvalue weighted by Gasteiger charge is 2.35. The smallest absolute Gasteiger partial charge is 0.367 e. The molecule has 0 saturated carbocycles. The molecule has 0 radical (unpaired) electrons. The van der Waals surface area contributed by atoms with E-state index in [1.54, 1.807) is 0 Å². The lowest BCUT2D eigenvalue weighted by Gasteiger charge is -2.33. The summed E-state index contributed by atoms with van der Waals surface area (Å²) in [5, 5.41) is 3.22. The van der Waals surface area contributed by atoms with Gasteiger partial charge in [-0.15, -0.1) is 0 Å². The normalized spacial score (nSPS) is 15.7. The zero-order chi connectivity index (χ0) is 16.4. The number of nitrogens with zero attached hydrogens (tertiary/aromatic N) is 2. The average Bonchev–Trinajstić information content (AvgIpc) is 2.55. The first kappa shape index (κ1) is 15.8. The van der Waals surface area contributed by atoms with Crippen LogP contribution in [0.2, 0.25) is 0 Å². The molecule has 0 atom stereocenters. The van der Waals surface area contributed by atoms with Gasteiger partial charge in [-0.3, -0.25) is 4.98 Å². The van der Waals surface area contributed by atoms with Crippen molar-refractivity contribution in [1.82, 2.24) is 10.3 Å². The summed E-state index contributed by atoms with van der Waals surface area (Å²) in [6.07, 6.45) is -3.45. The Bertz CT molecular complexity index is 677. The molecule has 0 aliphatic carbocycles. The van der Waals surface area contributed by atoms with Crippen LogP contribution in [0, 0.1) is 6.92 Å². The monoisotopic (exact) mass is 321 g/mol. The molecule has 0 unspecified atom stereocenters. The van der Waals surface area contributed by atoms with Gasteiger partial charge in [0.1, 0.15) is 0 Å². The van der Waals surface area contributed by atoms with Crippen LogP contribution in [0.15, 0.2) is 36.5 Å². The van der Waals surface area contributed by atoms with Gasteiger partial charge in [-0.05, 0) is 12.5 Å². The molecule has 1 saturated heterocycles. The van der Waals surface area contributed by atoms with Crippen LogP contribution in [0.3, 0.4) is 0 Å². The summed E-state index contributed by atoms with van der Waals surface area (Å²) in [5.41, 5.74) is 1.61. The van der Waals surface area contributed by atoms with Crippen molar-refractivity contribution in [2.24, 2.45) is 0 Å². The van der Waals surface area contributed by atoms with E-state index in [1.807, 2.05) is 35.2 Å². The second-order valence-electron chi connectivity index (χ2n) is 5.59. The summed E-state index contributed by atoms with van der Waals surface area (Å²) in [4.78, 5) is 6.17. The van der Waals surface area contributed by atoms with E-state index in [0.29, 0.717) is 24.5 Å². The second-order valence-corrected chi connectivity index (χ2v) is 5.59. The van der Waals surface area contributed by atoms with E-state index < -0.39 is 11.7 Å². The number of hydrogen-bond acceptors (Lipinski definition) is 3. The Morgan fingerprint density at radius 2 is 1.74 bits per heavy atom. The molecular weight excluding hydrogens is 303 g/mol. The summed E-state index contributed by atoms with van der Waals surface area (Å²) >= 11 is 0. The van der Waals surface area contributed by atoms with Crippen LogP contribution in [0.5, 0.6) is 0 Å². The summed E-state index contributed by atoms with van der Waals surface area (Å²) in [7, 11) is 0. The van der Waals surface area contributed by atoms with Crippen molar-refractivity contribution in [3.8, 4) is 11.3 Å². The number of alkyl halides is 3. The minimum absolute atomic E-state index is 0.244. The van der Waals surface area contributed by atoms with Gasteiger partial charge in [0.15, 0.2) is 0 Å². The summed E-state index contributed by atoms with van der Waals surface area (Å²) in [6, 6.07) is 9.36. The Kier molecular flexibility index (Phi) is 4.26. The fourth-order valence-corrected chi connectivity index (χ4v) is 2.96. The van der Waals surface area contributed by atoms with Gasteiger partial charge in [0.2, 0.25) is 0 Å². The van der Waals surface area contributed by atoms with Gasteiger partial charge in [0, 0.05) is 37.9 Å². The lowest BCUT2D eigenvalue weighted by atomic mass is 10.0. The Balaban J connectivity index is 2.17. The van der Waals surface area contributed by atoms with Crippen LogP contribution < -0.4 is 10.2 Å². The quantitative estimate of drug-likeness (QED) is 0.918. The number of hydrogen-bond donors (Lipinski definition) is 1. The number of nitrogens with one attached hydrogen (secondary N) is 1. The van der Waals surface area contributed by atoms with Gasteiger partial charge in [0.05, 0.1) is 16.9 Å². The molecule has 3 rings (SSSR count). The number of piperazine rings is 1. The highest BCUT2D eigenvalue weighted by atomic mass is 19.4. The highest BCUT2D eigenvalue weighted by molar-refractivity contribution is 5.78. The third kappa shape index (κ3) is 3.17. The van der Waals surface area contributed by atoms with Gasteiger partial charge in [0.25, 0.3) is 0 Å². The van der Waals surface area contributed by atoms with Gasteiger partial charge >= 0.3 is 6.18 Å². The maximum atomic E-state index is 13.3. The van der Waals surface area contributed by atoms with Gasteiger partial charge in [-0.25, -0.2) is 0 Å². The number of benzene rings is 1. The molecule has 23 heavy (non-hydrogen) atoms. The second kappa shape index (κ2) is 6.20. The van der Waals surface area contributed by atoms with Gasteiger partial charge in [-0.2, -0.15) is 13.2 Å². The van der Waals surface area contributed by atoms with Crippen molar-refractivity contribution in [2.75, 3.05) is 31.1 Å². The molecule has 1 fully saturated rings. The van der Waals surface area contributed by atoms with Crippen LogP contribution in [0.4, 0.5) is 18.9 Å². The third-order valence-corrected chi connectivity index (χ3v) is 4.09. The van der Waals surface area contributed by atoms with Crippen molar-refractivity contribution in [3.63, 3.8) is 0 Å². The fourth-order valence-electron chi connectivity index (χ4n) is 2.96. The highest BCUT2D eigenvalue weighted by Crippen LogP contribution is 2.39. The molecule has 2 aromatic rings. The Hall–Kier alpha value is -2.08. The molecule has 122 valence electrons. The minimum atomic E-state index is -4.39. The molecule has 1 aromatic carbocycles. The van der Waals surface area contributed by atoms with Crippen LogP contribution in [0.1, 0.15) is 11.1 Å². The van der Waals surface area contributed by atoms with Crippen molar-refractivity contribution in [1.29, 1.82) is 0 Å². The van der Waals surface area contributed by atoms with Crippen molar-refractivity contribution < 1.29 is 13.2 Å². The molecule has 0 bridgehead atoms. The molecule has 0 amide bonds. The molecule has 3 nitrogen and oxygen atoms in total. The molecule has 0 spiro atoms. The first-order valence-corrected chi connectivity index (χ1v) is 7.56. The number of rotatable bonds is 2. The van der Waals surface area contributed by atoms with Crippen LogP contribution in [0.25, 0.3) is 11.3 Å². The lowest BCUT2D eigenvalue weighted by molar-refractivity contribution is -0.138. The van der Waals surface area contributed by atoms with Crippen molar-refractivity contribution >= 4 is 5.69 Å². The van der Waals surface area contributed by atoms with E-state index in [9.17, 15) is 13.2 Å². The van der Waals surface area contributed by atoms with Crippen LogP contribution >= 0.6 is 0 Å². The molecule has 2 heterocycles. The standard InChI is InChI=1S/C17H18F3N3/c1-12-14(17(18,19)20)11-22-15(13-5-3-2-4-6-13)16(12)23-9-7-21-8-10-23/h2-6,11,21H,7-10H2,1H3. The topological polar surface area (TPSA) is 28.2 Å². The van der Waals surface area contributed by atoms with E-state index in [4.69, 9.17) is 0 Å². The summed E-state index contributed by atoms with van der Waals surface area (Å²) in [6.45, 7) is 4.38. The Morgan fingerprint density at radius 3 is 2.35 bits per heavy atom. The number of aromatic nitrogens is 1. The number of pyridine rings is 1. The molecule has 6 heteroatoms. The van der Waals surface area contributed by atoms with Crippen LogP contribution in [-0.4, -0.2) is 31.2 Å². The van der Waals surface area contributed by atoms with Gasteiger partial charge in [-0.1, -0.05) is 30.3 Å². The molecule has 1 N–H and O–H groups in total. The first-order chi connectivity index (χ1) is 11.0. The molecule has 1 aromatic heterocycles.